The normalized spacial score (nSPS) is 10.1. The molecule has 0 saturated heterocycles. The molecule has 1 rings (SSSR count). The lowest BCUT2D eigenvalue weighted by molar-refractivity contribution is 0.299. The van der Waals surface area contributed by atoms with Gasteiger partial charge >= 0.3 is 0 Å². The molecule has 0 unspecified atom stereocenters. The monoisotopic (exact) mass is 225 g/mol. The van der Waals surface area contributed by atoms with Crippen LogP contribution in [0.4, 0.5) is 0 Å². The van der Waals surface area contributed by atoms with Gasteiger partial charge in [0.1, 0.15) is 5.76 Å². The molecule has 0 aliphatic rings. The van der Waals surface area contributed by atoms with Crippen LogP contribution in [-0.2, 0) is 11.3 Å². The van der Waals surface area contributed by atoms with Crippen LogP contribution in [-0.4, -0.2) is 13.7 Å². The van der Waals surface area contributed by atoms with Gasteiger partial charge in [0.05, 0.1) is 6.61 Å². The van der Waals surface area contributed by atoms with E-state index in [1.807, 2.05) is 32.2 Å². The van der Waals surface area contributed by atoms with Crippen LogP contribution in [0.15, 0.2) is 24.8 Å². The number of benzene rings is 1. The molecule has 82 valence electrons. The van der Waals surface area contributed by atoms with Gasteiger partial charge in [0.15, 0.2) is 0 Å². The lowest BCUT2D eigenvalue weighted by Crippen LogP contribution is -2.08. The van der Waals surface area contributed by atoms with E-state index < -0.39 is 0 Å². The summed E-state index contributed by atoms with van der Waals surface area (Å²) in [7, 11) is 1.90. The molecule has 1 aromatic carbocycles. The first-order chi connectivity index (χ1) is 7.19. The fourth-order valence-corrected chi connectivity index (χ4v) is 1.62. The average molecular weight is 226 g/mol. The SMILES string of the molecule is C=C(OCC)c1ccc(Cl)cc1CNC. The number of hydrogen-bond acceptors (Lipinski definition) is 2. The van der Waals surface area contributed by atoms with Crippen molar-refractivity contribution in [2.45, 2.75) is 13.5 Å². The average Bonchev–Trinajstić information content (AvgIpc) is 2.18. The lowest BCUT2D eigenvalue weighted by atomic mass is 10.1. The highest BCUT2D eigenvalue weighted by Gasteiger charge is 2.06. The Kier molecular flexibility index (Phi) is 4.66. The number of halogens is 1. The maximum Gasteiger partial charge on any atom is 0.119 e. The second-order valence-electron chi connectivity index (χ2n) is 3.19. The molecule has 0 atom stereocenters. The molecule has 0 radical (unpaired) electrons. The molecule has 0 saturated carbocycles. The smallest absolute Gasteiger partial charge is 0.119 e. The van der Waals surface area contributed by atoms with Gasteiger partial charge in [-0.1, -0.05) is 18.2 Å². The highest BCUT2D eigenvalue weighted by Crippen LogP contribution is 2.22. The molecule has 0 amide bonds. The predicted octanol–water partition coefficient (Wildman–Crippen LogP) is 3.07. The third kappa shape index (κ3) is 3.26. The van der Waals surface area contributed by atoms with Crippen LogP contribution < -0.4 is 5.32 Å². The first kappa shape index (κ1) is 12.1. The number of rotatable bonds is 5. The molecule has 3 heteroatoms. The van der Waals surface area contributed by atoms with Gasteiger partial charge in [0.25, 0.3) is 0 Å². The standard InChI is InChI=1S/C12H16ClNO/c1-4-15-9(2)12-6-5-11(13)7-10(12)8-14-3/h5-7,14H,2,4,8H2,1,3H3. The molecule has 1 N–H and O–H groups in total. The number of hydrogen-bond donors (Lipinski definition) is 1. The molecule has 1 aromatic rings. The van der Waals surface area contributed by atoms with E-state index in [2.05, 4.69) is 11.9 Å². The van der Waals surface area contributed by atoms with Crippen molar-refractivity contribution in [1.29, 1.82) is 0 Å². The second-order valence-corrected chi connectivity index (χ2v) is 3.62. The zero-order valence-electron chi connectivity index (χ0n) is 9.14. The van der Waals surface area contributed by atoms with Gasteiger partial charge in [0.2, 0.25) is 0 Å². The van der Waals surface area contributed by atoms with E-state index >= 15 is 0 Å². The molecule has 15 heavy (non-hydrogen) atoms. The summed E-state index contributed by atoms with van der Waals surface area (Å²) >= 11 is 5.94. The quantitative estimate of drug-likeness (QED) is 0.778. The molecule has 0 heterocycles. The van der Waals surface area contributed by atoms with Crippen LogP contribution in [0, 0.1) is 0 Å². The Bertz CT molecular complexity index is 349. The Morgan fingerprint density at radius 2 is 2.27 bits per heavy atom. The minimum absolute atomic E-state index is 0.625. The third-order valence-corrected chi connectivity index (χ3v) is 2.29. The molecule has 0 fully saturated rings. The van der Waals surface area contributed by atoms with Crippen LogP contribution in [0.3, 0.4) is 0 Å². The topological polar surface area (TPSA) is 21.3 Å². The minimum Gasteiger partial charge on any atom is -0.494 e. The summed E-state index contributed by atoms with van der Waals surface area (Å²) in [5.74, 6) is 0.694. The van der Waals surface area contributed by atoms with E-state index in [1.54, 1.807) is 0 Å². The Morgan fingerprint density at radius 3 is 2.87 bits per heavy atom. The fourth-order valence-electron chi connectivity index (χ4n) is 1.42. The Labute approximate surface area is 95.9 Å². The van der Waals surface area contributed by atoms with Gasteiger partial charge in [-0.15, -0.1) is 0 Å². The van der Waals surface area contributed by atoms with Crippen molar-refractivity contribution in [3.8, 4) is 0 Å². The Hall–Kier alpha value is -0.990. The summed E-state index contributed by atoms with van der Waals surface area (Å²) < 4.78 is 5.39. The third-order valence-electron chi connectivity index (χ3n) is 2.05. The first-order valence-electron chi connectivity index (χ1n) is 4.94. The molecule has 0 aliphatic heterocycles. The van der Waals surface area contributed by atoms with Crippen molar-refractivity contribution in [2.24, 2.45) is 0 Å². The fraction of sp³-hybridized carbons (Fsp3) is 0.333. The molecule has 2 nitrogen and oxygen atoms in total. The van der Waals surface area contributed by atoms with Crippen molar-refractivity contribution < 1.29 is 4.74 Å². The summed E-state index contributed by atoms with van der Waals surface area (Å²) in [6, 6.07) is 5.71. The predicted molar refractivity (Wildman–Crippen MR) is 64.9 cm³/mol. The van der Waals surface area contributed by atoms with Gasteiger partial charge in [-0.2, -0.15) is 0 Å². The van der Waals surface area contributed by atoms with E-state index in [-0.39, 0.29) is 0 Å². The van der Waals surface area contributed by atoms with Crippen molar-refractivity contribution >= 4 is 17.4 Å². The Balaban J connectivity index is 2.99. The van der Waals surface area contributed by atoms with Crippen molar-refractivity contribution in [3.05, 3.63) is 40.9 Å². The largest absolute Gasteiger partial charge is 0.494 e. The minimum atomic E-state index is 0.625. The van der Waals surface area contributed by atoms with Crippen molar-refractivity contribution in [1.82, 2.24) is 5.32 Å². The van der Waals surface area contributed by atoms with E-state index in [1.165, 1.54) is 0 Å². The zero-order valence-corrected chi connectivity index (χ0v) is 9.90. The summed E-state index contributed by atoms with van der Waals surface area (Å²) in [5.41, 5.74) is 2.11. The summed E-state index contributed by atoms with van der Waals surface area (Å²) in [6.07, 6.45) is 0. The van der Waals surface area contributed by atoms with Crippen LogP contribution in [0.1, 0.15) is 18.1 Å². The molecule has 0 aromatic heterocycles. The first-order valence-corrected chi connectivity index (χ1v) is 5.32. The number of ether oxygens (including phenoxy) is 1. The molecular weight excluding hydrogens is 210 g/mol. The van der Waals surface area contributed by atoms with Gasteiger partial charge in [0, 0.05) is 17.1 Å². The molecule has 0 spiro atoms. The van der Waals surface area contributed by atoms with E-state index in [0.29, 0.717) is 12.4 Å². The highest BCUT2D eigenvalue weighted by molar-refractivity contribution is 6.30. The van der Waals surface area contributed by atoms with Crippen LogP contribution in [0.5, 0.6) is 0 Å². The van der Waals surface area contributed by atoms with Crippen LogP contribution >= 0.6 is 11.6 Å². The molecular formula is C12H16ClNO. The summed E-state index contributed by atoms with van der Waals surface area (Å²) in [5, 5.41) is 3.82. The van der Waals surface area contributed by atoms with E-state index in [0.717, 1.165) is 22.7 Å². The van der Waals surface area contributed by atoms with Gasteiger partial charge < -0.3 is 10.1 Å². The maximum absolute atomic E-state index is 5.94. The van der Waals surface area contributed by atoms with Crippen molar-refractivity contribution in [3.63, 3.8) is 0 Å². The van der Waals surface area contributed by atoms with Crippen molar-refractivity contribution in [2.75, 3.05) is 13.7 Å². The van der Waals surface area contributed by atoms with E-state index in [4.69, 9.17) is 16.3 Å². The molecule has 0 aliphatic carbocycles. The zero-order chi connectivity index (χ0) is 11.3. The van der Waals surface area contributed by atoms with Gasteiger partial charge in [-0.05, 0) is 37.7 Å². The lowest BCUT2D eigenvalue weighted by Gasteiger charge is -2.12. The molecule has 0 bridgehead atoms. The summed E-state index contributed by atoms with van der Waals surface area (Å²) in [6.45, 7) is 7.21. The second kappa shape index (κ2) is 5.79. The maximum atomic E-state index is 5.94. The highest BCUT2D eigenvalue weighted by atomic mass is 35.5. The van der Waals surface area contributed by atoms with Crippen LogP contribution in [0.2, 0.25) is 5.02 Å². The van der Waals surface area contributed by atoms with Gasteiger partial charge in [-0.3, -0.25) is 0 Å². The summed E-state index contributed by atoms with van der Waals surface area (Å²) in [4.78, 5) is 0. The van der Waals surface area contributed by atoms with Gasteiger partial charge in [-0.25, -0.2) is 0 Å². The number of nitrogens with one attached hydrogen (secondary N) is 1. The van der Waals surface area contributed by atoms with Crippen LogP contribution in [0.25, 0.3) is 5.76 Å². The van der Waals surface area contributed by atoms with E-state index in [9.17, 15) is 0 Å². The Morgan fingerprint density at radius 1 is 1.53 bits per heavy atom.